The summed E-state index contributed by atoms with van der Waals surface area (Å²) in [7, 11) is 0. The average Bonchev–Trinajstić information content (AvgIpc) is 2.63. The Morgan fingerprint density at radius 1 is 1.44 bits per heavy atom. The quantitative estimate of drug-likeness (QED) is 0.582. The molecule has 0 aliphatic carbocycles. The summed E-state index contributed by atoms with van der Waals surface area (Å²) in [6, 6.07) is 3.77. The Bertz CT molecular complexity index is 380. The Hall–Kier alpha value is -1.51. The molecule has 0 amide bonds. The maximum absolute atomic E-state index is 11.1. The summed E-state index contributed by atoms with van der Waals surface area (Å²) >= 11 is 0. The van der Waals surface area contributed by atoms with Crippen LogP contribution >= 0.6 is 0 Å². The standard InChI is InChI=1S/C13H18O3/c1-5-15-12(14)9-7-10-6-8-11(16-10)13(2,3)4/h6-9H,5H2,1-4H3. The van der Waals surface area contributed by atoms with Crippen molar-refractivity contribution in [3.8, 4) is 0 Å². The van der Waals surface area contributed by atoms with Crippen molar-refractivity contribution >= 4 is 12.0 Å². The number of ether oxygens (including phenoxy) is 1. The van der Waals surface area contributed by atoms with Gasteiger partial charge in [-0.15, -0.1) is 0 Å². The molecule has 1 heterocycles. The van der Waals surface area contributed by atoms with Crippen molar-refractivity contribution in [2.75, 3.05) is 6.61 Å². The zero-order valence-corrected chi connectivity index (χ0v) is 10.2. The van der Waals surface area contributed by atoms with E-state index in [0.717, 1.165) is 5.76 Å². The Labute approximate surface area is 96.1 Å². The molecule has 0 bridgehead atoms. The lowest BCUT2D eigenvalue weighted by atomic mass is 9.94. The number of furan rings is 1. The van der Waals surface area contributed by atoms with E-state index in [9.17, 15) is 4.79 Å². The van der Waals surface area contributed by atoms with Gasteiger partial charge in [-0.05, 0) is 25.1 Å². The van der Waals surface area contributed by atoms with Crippen molar-refractivity contribution < 1.29 is 13.9 Å². The van der Waals surface area contributed by atoms with Crippen LogP contribution in [0, 0.1) is 0 Å². The molecule has 0 aliphatic heterocycles. The first-order valence-corrected chi connectivity index (χ1v) is 5.38. The maximum Gasteiger partial charge on any atom is 0.330 e. The molecule has 0 N–H and O–H groups in total. The van der Waals surface area contributed by atoms with Crippen molar-refractivity contribution in [2.24, 2.45) is 0 Å². The van der Waals surface area contributed by atoms with Crippen LogP contribution in [0.3, 0.4) is 0 Å². The molecule has 0 atom stereocenters. The second-order valence-corrected chi connectivity index (χ2v) is 4.54. The van der Waals surface area contributed by atoms with Crippen LogP contribution in [0.5, 0.6) is 0 Å². The van der Waals surface area contributed by atoms with E-state index < -0.39 is 0 Å². The predicted octanol–water partition coefficient (Wildman–Crippen LogP) is 3.15. The molecule has 0 spiro atoms. The molecule has 1 aromatic heterocycles. The van der Waals surface area contributed by atoms with E-state index in [1.165, 1.54) is 6.08 Å². The first-order chi connectivity index (χ1) is 7.43. The summed E-state index contributed by atoms with van der Waals surface area (Å²) in [5.74, 6) is 1.21. The van der Waals surface area contributed by atoms with Crippen molar-refractivity contribution in [2.45, 2.75) is 33.1 Å². The van der Waals surface area contributed by atoms with E-state index in [2.05, 4.69) is 20.8 Å². The second kappa shape index (κ2) is 5.01. The highest BCUT2D eigenvalue weighted by atomic mass is 16.5. The average molecular weight is 222 g/mol. The third-order valence-electron chi connectivity index (χ3n) is 2.04. The maximum atomic E-state index is 11.1. The fourth-order valence-corrected chi connectivity index (χ4v) is 1.19. The van der Waals surface area contributed by atoms with Crippen LogP contribution in [0.2, 0.25) is 0 Å². The van der Waals surface area contributed by atoms with Crippen LogP contribution in [0.15, 0.2) is 22.6 Å². The van der Waals surface area contributed by atoms with E-state index >= 15 is 0 Å². The highest BCUT2D eigenvalue weighted by molar-refractivity contribution is 5.86. The number of hydrogen-bond donors (Lipinski definition) is 0. The molecule has 0 aliphatic rings. The Balaban J connectivity index is 2.69. The number of carbonyl (C=O) groups excluding carboxylic acids is 1. The summed E-state index contributed by atoms with van der Waals surface area (Å²) in [5, 5.41) is 0. The molecule has 88 valence electrons. The molecule has 0 fully saturated rings. The number of carbonyl (C=O) groups is 1. The summed E-state index contributed by atoms with van der Waals surface area (Å²) in [6.07, 6.45) is 2.99. The zero-order chi connectivity index (χ0) is 12.2. The Morgan fingerprint density at radius 2 is 2.12 bits per heavy atom. The molecule has 0 radical (unpaired) electrons. The van der Waals surface area contributed by atoms with E-state index in [1.807, 2.05) is 12.1 Å². The van der Waals surface area contributed by atoms with E-state index in [1.54, 1.807) is 13.0 Å². The molecular weight excluding hydrogens is 204 g/mol. The van der Waals surface area contributed by atoms with E-state index in [-0.39, 0.29) is 11.4 Å². The fraction of sp³-hybridized carbons (Fsp3) is 0.462. The van der Waals surface area contributed by atoms with Gasteiger partial charge in [0, 0.05) is 11.5 Å². The van der Waals surface area contributed by atoms with E-state index in [4.69, 9.17) is 9.15 Å². The number of rotatable bonds is 3. The molecule has 3 nitrogen and oxygen atoms in total. The smallest absolute Gasteiger partial charge is 0.330 e. The molecular formula is C13H18O3. The van der Waals surface area contributed by atoms with Gasteiger partial charge >= 0.3 is 5.97 Å². The van der Waals surface area contributed by atoms with Gasteiger partial charge in [-0.1, -0.05) is 20.8 Å². The number of esters is 1. The van der Waals surface area contributed by atoms with Crippen molar-refractivity contribution in [1.82, 2.24) is 0 Å². The topological polar surface area (TPSA) is 39.4 Å². The zero-order valence-electron chi connectivity index (χ0n) is 10.2. The molecule has 16 heavy (non-hydrogen) atoms. The minimum Gasteiger partial charge on any atom is -0.463 e. The van der Waals surface area contributed by atoms with Crippen molar-refractivity contribution in [3.05, 3.63) is 29.7 Å². The lowest BCUT2D eigenvalue weighted by molar-refractivity contribution is -0.137. The van der Waals surface area contributed by atoms with Gasteiger partial charge in [0.2, 0.25) is 0 Å². The van der Waals surface area contributed by atoms with Crippen molar-refractivity contribution in [1.29, 1.82) is 0 Å². The van der Waals surface area contributed by atoms with Crippen LogP contribution < -0.4 is 0 Å². The molecule has 0 saturated heterocycles. The van der Waals surface area contributed by atoms with Gasteiger partial charge < -0.3 is 9.15 Å². The minimum atomic E-state index is -0.351. The van der Waals surface area contributed by atoms with Gasteiger partial charge in [0.05, 0.1) is 6.61 Å². The fourth-order valence-electron chi connectivity index (χ4n) is 1.19. The van der Waals surface area contributed by atoms with Gasteiger partial charge in [0.25, 0.3) is 0 Å². The summed E-state index contributed by atoms with van der Waals surface area (Å²) in [5.41, 5.74) is -0.0178. The SMILES string of the molecule is CCOC(=O)C=Cc1ccc(C(C)(C)C)o1. The van der Waals surface area contributed by atoms with Gasteiger partial charge in [-0.2, -0.15) is 0 Å². The van der Waals surface area contributed by atoms with Crippen LogP contribution in [0.25, 0.3) is 6.08 Å². The first-order valence-electron chi connectivity index (χ1n) is 5.38. The molecule has 0 saturated carbocycles. The molecule has 1 rings (SSSR count). The lowest BCUT2D eigenvalue weighted by Gasteiger charge is -2.13. The molecule has 3 heteroatoms. The molecule has 0 unspecified atom stereocenters. The summed E-state index contributed by atoms with van der Waals surface area (Å²) < 4.78 is 10.4. The van der Waals surface area contributed by atoms with Gasteiger partial charge in [-0.25, -0.2) is 4.79 Å². The second-order valence-electron chi connectivity index (χ2n) is 4.54. The highest BCUT2D eigenvalue weighted by Gasteiger charge is 2.17. The number of hydrogen-bond acceptors (Lipinski definition) is 3. The molecule has 0 aromatic carbocycles. The lowest BCUT2D eigenvalue weighted by Crippen LogP contribution is -2.08. The van der Waals surface area contributed by atoms with Gasteiger partial charge in [0.1, 0.15) is 11.5 Å². The van der Waals surface area contributed by atoms with Gasteiger partial charge in [0.15, 0.2) is 0 Å². The van der Waals surface area contributed by atoms with Crippen LogP contribution in [0.1, 0.15) is 39.2 Å². The normalized spacial score (nSPS) is 12.0. The van der Waals surface area contributed by atoms with Crippen LogP contribution in [-0.2, 0) is 14.9 Å². The Morgan fingerprint density at radius 3 is 2.62 bits per heavy atom. The third-order valence-corrected chi connectivity index (χ3v) is 2.04. The summed E-state index contributed by atoms with van der Waals surface area (Å²) in [6.45, 7) is 8.38. The summed E-state index contributed by atoms with van der Waals surface area (Å²) in [4.78, 5) is 11.1. The van der Waals surface area contributed by atoms with Crippen molar-refractivity contribution in [3.63, 3.8) is 0 Å². The first kappa shape index (κ1) is 12.6. The highest BCUT2D eigenvalue weighted by Crippen LogP contribution is 2.24. The van der Waals surface area contributed by atoms with Crippen LogP contribution in [0.4, 0.5) is 0 Å². The van der Waals surface area contributed by atoms with E-state index in [0.29, 0.717) is 12.4 Å². The predicted molar refractivity (Wildman–Crippen MR) is 63.1 cm³/mol. The molecule has 1 aromatic rings. The largest absolute Gasteiger partial charge is 0.463 e. The minimum absolute atomic E-state index is 0.0178. The van der Waals surface area contributed by atoms with Gasteiger partial charge in [-0.3, -0.25) is 0 Å². The van der Waals surface area contributed by atoms with Crippen LogP contribution in [-0.4, -0.2) is 12.6 Å². The monoisotopic (exact) mass is 222 g/mol. The third kappa shape index (κ3) is 3.57. The Kier molecular flexibility index (Phi) is 3.93.